The average Bonchev–Trinajstić information content (AvgIpc) is 1.99. The predicted molar refractivity (Wildman–Crippen MR) is 49.2 cm³/mol. The van der Waals surface area contributed by atoms with E-state index in [0.717, 1.165) is 0 Å². The fraction of sp³-hybridized carbons (Fsp3) is 0.286. The van der Waals surface area contributed by atoms with Gasteiger partial charge in [-0.3, -0.25) is 10.1 Å². The van der Waals surface area contributed by atoms with Crippen LogP contribution in [-0.2, 0) is 0 Å². The molecule has 0 amide bonds. The first-order chi connectivity index (χ1) is 5.95. The molecule has 13 heavy (non-hydrogen) atoms. The van der Waals surface area contributed by atoms with Crippen molar-refractivity contribution in [3.8, 4) is 0 Å². The van der Waals surface area contributed by atoms with Gasteiger partial charge in [0.15, 0.2) is 0 Å². The number of hydrogen-bond acceptors (Lipinski definition) is 5. The summed E-state index contributed by atoms with van der Waals surface area (Å²) in [5.41, 5.74) is 11.6. The van der Waals surface area contributed by atoms with E-state index in [4.69, 9.17) is 11.5 Å². The lowest BCUT2D eigenvalue weighted by Crippen LogP contribution is -2.06. The normalized spacial score (nSPS) is 10.0. The zero-order valence-corrected chi connectivity index (χ0v) is 7.37. The first-order valence-electron chi connectivity index (χ1n) is 3.61. The van der Waals surface area contributed by atoms with Crippen LogP contribution in [0.25, 0.3) is 0 Å². The summed E-state index contributed by atoms with van der Waals surface area (Å²) < 4.78 is 0. The summed E-state index contributed by atoms with van der Waals surface area (Å²) in [6, 6.07) is 0. The summed E-state index contributed by atoms with van der Waals surface area (Å²) in [6.07, 6.45) is 0. The van der Waals surface area contributed by atoms with E-state index < -0.39 is 4.92 Å². The van der Waals surface area contributed by atoms with Crippen LogP contribution in [-0.4, -0.2) is 9.91 Å². The smallest absolute Gasteiger partial charge is 0.313 e. The SMILES string of the molecule is Cc1nc(N)c(C)c(N)c1[N+](=O)[O-]. The molecule has 0 aliphatic rings. The summed E-state index contributed by atoms with van der Waals surface area (Å²) in [7, 11) is 0. The van der Waals surface area contributed by atoms with Crippen molar-refractivity contribution in [2.75, 3.05) is 11.5 Å². The van der Waals surface area contributed by atoms with Crippen molar-refractivity contribution in [3.05, 3.63) is 21.4 Å². The summed E-state index contributed by atoms with van der Waals surface area (Å²) >= 11 is 0. The Labute approximate surface area is 74.7 Å². The van der Waals surface area contributed by atoms with E-state index in [1.807, 2.05) is 0 Å². The maximum Gasteiger partial charge on any atom is 0.313 e. The molecule has 0 saturated carbocycles. The van der Waals surface area contributed by atoms with Gasteiger partial charge < -0.3 is 11.5 Å². The van der Waals surface area contributed by atoms with Gasteiger partial charge in [-0.25, -0.2) is 4.98 Å². The first kappa shape index (κ1) is 9.24. The number of anilines is 2. The van der Waals surface area contributed by atoms with Crippen molar-refractivity contribution in [3.63, 3.8) is 0 Å². The van der Waals surface area contributed by atoms with Crippen LogP contribution >= 0.6 is 0 Å². The Morgan fingerprint density at radius 3 is 2.38 bits per heavy atom. The number of aryl methyl sites for hydroxylation is 1. The molecule has 0 aliphatic heterocycles. The summed E-state index contributed by atoms with van der Waals surface area (Å²) in [5.74, 6) is 0.237. The molecule has 0 aliphatic carbocycles. The number of nitrogen functional groups attached to an aromatic ring is 2. The topological polar surface area (TPSA) is 108 Å². The van der Waals surface area contributed by atoms with Crippen LogP contribution in [0.2, 0.25) is 0 Å². The van der Waals surface area contributed by atoms with Gasteiger partial charge in [0.05, 0.1) is 4.92 Å². The highest BCUT2D eigenvalue weighted by molar-refractivity contribution is 5.70. The third kappa shape index (κ3) is 1.37. The largest absolute Gasteiger partial charge is 0.393 e. The second kappa shape index (κ2) is 2.89. The summed E-state index contributed by atoms with van der Waals surface area (Å²) in [5, 5.41) is 10.6. The van der Waals surface area contributed by atoms with Gasteiger partial charge in [-0.2, -0.15) is 0 Å². The molecule has 0 saturated heterocycles. The lowest BCUT2D eigenvalue weighted by atomic mass is 10.2. The quantitative estimate of drug-likeness (QED) is 0.492. The number of nitro groups is 1. The van der Waals surface area contributed by atoms with Gasteiger partial charge in [-0.05, 0) is 13.8 Å². The molecule has 1 aromatic heterocycles. The van der Waals surface area contributed by atoms with Gasteiger partial charge in [0.1, 0.15) is 17.2 Å². The molecular weight excluding hydrogens is 172 g/mol. The van der Waals surface area contributed by atoms with Crippen LogP contribution in [0.4, 0.5) is 17.2 Å². The van der Waals surface area contributed by atoms with Crippen molar-refractivity contribution < 1.29 is 4.92 Å². The highest BCUT2D eigenvalue weighted by Crippen LogP contribution is 2.29. The van der Waals surface area contributed by atoms with Crippen LogP contribution in [0.1, 0.15) is 11.3 Å². The number of aromatic nitrogens is 1. The molecule has 1 rings (SSSR count). The molecule has 0 radical (unpaired) electrons. The first-order valence-corrected chi connectivity index (χ1v) is 3.61. The Bertz CT molecular complexity index is 375. The Kier molecular flexibility index (Phi) is 2.05. The predicted octanol–water partition coefficient (Wildman–Crippen LogP) is 0.771. The fourth-order valence-corrected chi connectivity index (χ4v) is 1.06. The summed E-state index contributed by atoms with van der Waals surface area (Å²) in [4.78, 5) is 13.8. The van der Waals surface area contributed by atoms with E-state index in [0.29, 0.717) is 5.56 Å². The molecule has 6 heteroatoms. The van der Waals surface area contributed by atoms with E-state index in [-0.39, 0.29) is 22.9 Å². The van der Waals surface area contributed by atoms with E-state index in [2.05, 4.69) is 4.98 Å². The van der Waals surface area contributed by atoms with Crippen LogP contribution < -0.4 is 11.5 Å². The highest BCUT2D eigenvalue weighted by Gasteiger charge is 2.20. The second-order valence-corrected chi connectivity index (χ2v) is 2.73. The fourth-order valence-electron chi connectivity index (χ4n) is 1.06. The Hall–Kier alpha value is -1.85. The zero-order chi connectivity index (χ0) is 10.2. The van der Waals surface area contributed by atoms with Gasteiger partial charge in [0, 0.05) is 5.56 Å². The molecule has 6 nitrogen and oxygen atoms in total. The molecule has 0 atom stereocenters. The molecule has 0 aromatic carbocycles. The maximum atomic E-state index is 10.6. The molecule has 1 aromatic rings. The third-order valence-electron chi connectivity index (χ3n) is 1.86. The minimum Gasteiger partial charge on any atom is -0.393 e. The van der Waals surface area contributed by atoms with Gasteiger partial charge in [0.25, 0.3) is 0 Å². The van der Waals surface area contributed by atoms with Gasteiger partial charge in [-0.1, -0.05) is 0 Å². The third-order valence-corrected chi connectivity index (χ3v) is 1.86. The van der Waals surface area contributed by atoms with E-state index in [9.17, 15) is 10.1 Å². The monoisotopic (exact) mass is 182 g/mol. The lowest BCUT2D eigenvalue weighted by Gasteiger charge is -2.05. The number of nitrogens with two attached hydrogens (primary N) is 2. The second-order valence-electron chi connectivity index (χ2n) is 2.73. The highest BCUT2D eigenvalue weighted by atomic mass is 16.6. The zero-order valence-electron chi connectivity index (χ0n) is 7.37. The maximum absolute atomic E-state index is 10.6. The molecule has 4 N–H and O–H groups in total. The van der Waals surface area contributed by atoms with Crippen molar-refractivity contribution in [2.24, 2.45) is 0 Å². The van der Waals surface area contributed by atoms with Crippen LogP contribution in [0.3, 0.4) is 0 Å². The Morgan fingerprint density at radius 1 is 1.38 bits per heavy atom. The standard InChI is InChI=1S/C7H10N4O2/c1-3-5(8)6(11(12)13)4(2)10-7(3)9/h1-2H3,(H4,8,9,10). The molecule has 0 bridgehead atoms. The van der Waals surface area contributed by atoms with Crippen molar-refractivity contribution in [1.29, 1.82) is 0 Å². The number of pyridine rings is 1. The minimum absolute atomic E-state index is 0.0926. The molecular formula is C7H10N4O2. The van der Waals surface area contributed by atoms with E-state index in [1.54, 1.807) is 6.92 Å². The van der Waals surface area contributed by atoms with Crippen LogP contribution in [0.5, 0.6) is 0 Å². The van der Waals surface area contributed by atoms with Gasteiger partial charge in [-0.15, -0.1) is 0 Å². The van der Waals surface area contributed by atoms with Crippen molar-refractivity contribution >= 4 is 17.2 Å². The molecule has 70 valence electrons. The number of rotatable bonds is 1. The van der Waals surface area contributed by atoms with E-state index >= 15 is 0 Å². The molecule has 0 fully saturated rings. The van der Waals surface area contributed by atoms with Crippen molar-refractivity contribution in [2.45, 2.75) is 13.8 Å². The number of nitrogens with zero attached hydrogens (tertiary/aromatic N) is 2. The van der Waals surface area contributed by atoms with Crippen LogP contribution in [0.15, 0.2) is 0 Å². The lowest BCUT2D eigenvalue weighted by molar-refractivity contribution is -0.384. The number of hydrogen-bond donors (Lipinski definition) is 2. The Morgan fingerprint density at radius 2 is 1.92 bits per heavy atom. The van der Waals surface area contributed by atoms with Gasteiger partial charge in [0.2, 0.25) is 0 Å². The van der Waals surface area contributed by atoms with Crippen molar-refractivity contribution in [1.82, 2.24) is 4.98 Å². The van der Waals surface area contributed by atoms with Gasteiger partial charge >= 0.3 is 5.69 Å². The average molecular weight is 182 g/mol. The Balaban J connectivity index is 3.53. The van der Waals surface area contributed by atoms with E-state index in [1.165, 1.54) is 6.92 Å². The summed E-state index contributed by atoms with van der Waals surface area (Å²) in [6.45, 7) is 3.11. The molecule has 1 heterocycles. The molecule has 0 spiro atoms. The minimum atomic E-state index is -0.551. The molecule has 0 unspecified atom stereocenters. The van der Waals surface area contributed by atoms with Crippen LogP contribution in [0, 0.1) is 24.0 Å².